The van der Waals surface area contributed by atoms with Gasteiger partial charge in [-0.3, -0.25) is 0 Å². The van der Waals surface area contributed by atoms with Gasteiger partial charge in [-0.15, -0.1) is 22.9 Å². The van der Waals surface area contributed by atoms with Crippen LogP contribution in [0.15, 0.2) is 17.5 Å². The van der Waals surface area contributed by atoms with Crippen LogP contribution in [-0.4, -0.2) is 5.38 Å². The zero-order valence-electron chi connectivity index (χ0n) is 8.84. The fourth-order valence-corrected chi connectivity index (χ4v) is 2.74. The molecule has 1 atom stereocenters. The van der Waals surface area contributed by atoms with Crippen molar-refractivity contribution in [1.82, 2.24) is 0 Å². The Hall–Kier alpha value is -0.0100. The van der Waals surface area contributed by atoms with Crippen molar-refractivity contribution in [3.63, 3.8) is 0 Å². The average molecular weight is 231 g/mol. The van der Waals surface area contributed by atoms with Crippen molar-refractivity contribution in [2.45, 2.75) is 50.8 Å². The molecule has 1 unspecified atom stereocenters. The van der Waals surface area contributed by atoms with Gasteiger partial charge in [0.05, 0.1) is 0 Å². The monoisotopic (exact) mass is 230 g/mol. The van der Waals surface area contributed by atoms with Crippen LogP contribution in [0.2, 0.25) is 0 Å². The van der Waals surface area contributed by atoms with E-state index in [1.807, 2.05) is 11.3 Å². The minimum absolute atomic E-state index is 0.338. The summed E-state index contributed by atoms with van der Waals surface area (Å²) in [5.41, 5.74) is 0. The number of alkyl halides is 1. The van der Waals surface area contributed by atoms with Crippen LogP contribution in [0.5, 0.6) is 0 Å². The third-order valence-electron chi connectivity index (χ3n) is 2.37. The van der Waals surface area contributed by atoms with E-state index in [1.165, 1.54) is 37.0 Å². The third kappa shape index (κ3) is 5.02. The number of halogens is 1. The van der Waals surface area contributed by atoms with Crippen molar-refractivity contribution >= 4 is 22.9 Å². The van der Waals surface area contributed by atoms with Gasteiger partial charge in [0, 0.05) is 10.3 Å². The Kier molecular flexibility index (Phi) is 6.29. The van der Waals surface area contributed by atoms with Crippen molar-refractivity contribution in [3.05, 3.63) is 22.4 Å². The maximum Gasteiger partial charge on any atom is 0.0384 e. The fraction of sp³-hybridized carbons (Fsp3) is 0.667. The Morgan fingerprint density at radius 3 is 2.86 bits per heavy atom. The number of rotatable bonds is 7. The van der Waals surface area contributed by atoms with E-state index in [1.54, 1.807) is 0 Å². The molecule has 2 heteroatoms. The molecule has 1 aromatic heterocycles. The van der Waals surface area contributed by atoms with Crippen LogP contribution in [-0.2, 0) is 6.42 Å². The Labute approximate surface area is 96.3 Å². The summed E-state index contributed by atoms with van der Waals surface area (Å²) in [4.78, 5) is 1.42. The van der Waals surface area contributed by atoms with E-state index in [0.717, 1.165) is 6.42 Å². The summed E-state index contributed by atoms with van der Waals surface area (Å²) in [6, 6.07) is 4.27. The van der Waals surface area contributed by atoms with Crippen molar-refractivity contribution < 1.29 is 0 Å². The van der Waals surface area contributed by atoms with Crippen molar-refractivity contribution in [2.75, 3.05) is 0 Å². The quantitative estimate of drug-likeness (QED) is 0.463. The molecule has 0 N–H and O–H groups in total. The molecule has 0 aliphatic heterocycles. The van der Waals surface area contributed by atoms with Gasteiger partial charge in [-0.05, 0) is 24.3 Å². The fourth-order valence-electron chi connectivity index (χ4n) is 1.54. The summed E-state index contributed by atoms with van der Waals surface area (Å²) in [7, 11) is 0. The standard InChI is InChI=1S/C12H19ClS/c1-2-3-4-5-7-11(13)10-12-8-6-9-14-12/h6,8-9,11H,2-5,7,10H2,1H3. The van der Waals surface area contributed by atoms with Crippen LogP contribution >= 0.6 is 22.9 Å². The lowest BCUT2D eigenvalue weighted by molar-refractivity contribution is 0.613. The van der Waals surface area contributed by atoms with E-state index < -0.39 is 0 Å². The molecule has 0 amide bonds. The molecule has 0 spiro atoms. The summed E-state index contributed by atoms with van der Waals surface area (Å²) in [6.07, 6.45) is 7.49. The van der Waals surface area contributed by atoms with Gasteiger partial charge in [-0.1, -0.05) is 38.7 Å². The van der Waals surface area contributed by atoms with E-state index >= 15 is 0 Å². The largest absolute Gasteiger partial charge is 0.149 e. The molecule has 0 radical (unpaired) electrons. The minimum atomic E-state index is 0.338. The maximum absolute atomic E-state index is 6.26. The molecule has 0 nitrogen and oxygen atoms in total. The number of thiophene rings is 1. The molecule has 1 rings (SSSR count). The number of unbranched alkanes of at least 4 members (excludes halogenated alkanes) is 3. The maximum atomic E-state index is 6.26. The molecular weight excluding hydrogens is 212 g/mol. The van der Waals surface area contributed by atoms with Gasteiger partial charge in [-0.25, -0.2) is 0 Å². The molecule has 0 bridgehead atoms. The zero-order chi connectivity index (χ0) is 10.2. The summed E-state index contributed by atoms with van der Waals surface area (Å²) < 4.78 is 0. The van der Waals surface area contributed by atoms with E-state index in [9.17, 15) is 0 Å². The molecular formula is C12H19ClS. The van der Waals surface area contributed by atoms with Gasteiger partial charge in [0.25, 0.3) is 0 Å². The average Bonchev–Trinajstić information content (AvgIpc) is 2.65. The lowest BCUT2D eigenvalue weighted by Crippen LogP contribution is -2.01. The second-order valence-electron chi connectivity index (χ2n) is 3.73. The molecule has 0 aromatic carbocycles. The van der Waals surface area contributed by atoms with Gasteiger partial charge in [-0.2, -0.15) is 0 Å². The van der Waals surface area contributed by atoms with Crippen molar-refractivity contribution in [1.29, 1.82) is 0 Å². The molecule has 1 aromatic rings. The summed E-state index contributed by atoms with van der Waals surface area (Å²) >= 11 is 8.07. The summed E-state index contributed by atoms with van der Waals surface area (Å²) in [5.74, 6) is 0. The summed E-state index contributed by atoms with van der Waals surface area (Å²) in [5, 5.41) is 2.46. The van der Waals surface area contributed by atoms with Gasteiger partial charge in [0.1, 0.15) is 0 Å². The molecule has 0 saturated carbocycles. The van der Waals surface area contributed by atoms with E-state index in [0.29, 0.717) is 5.38 Å². The van der Waals surface area contributed by atoms with Gasteiger partial charge < -0.3 is 0 Å². The first-order valence-electron chi connectivity index (χ1n) is 5.49. The van der Waals surface area contributed by atoms with Gasteiger partial charge in [0.15, 0.2) is 0 Å². The third-order valence-corrected chi connectivity index (χ3v) is 3.64. The first-order valence-corrected chi connectivity index (χ1v) is 6.81. The lowest BCUT2D eigenvalue weighted by Gasteiger charge is -2.07. The van der Waals surface area contributed by atoms with Crippen molar-refractivity contribution in [2.24, 2.45) is 0 Å². The topological polar surface area (TPSA) is 0 Å². The van der Waals surface area contributed by atoms with E-state index in [4.69, 9.17) is 11.6 Å². The first kappa shape index (κ1) is 12.1. The van der Waals surface area contributed by atoms with Crippen molar-refractivity contribution in [3.8, 4) is 0 Å². The predicted molar refractivity (Wildman–Crippen MR) is 66.4 cm³/mol. The Balaban J connectivity index is 2.07. The highest BCUT2D eigenvalue weighted by Crippen LogP contribution is 2.18. The molecule has 1 heterocycles. The van der Waals surface area contributed by atoms with Crippen LogP contribution in [0.1, 0.15) is 43.9 Å². The zero-order valence-corrected chi connectivity index (χ0v) is 10.4. The summed E-state index contributed by atoms with van der Waals surface area (Å²) in [6.45, 7) is 2.24. The smallest absolute Gasteiger partial charge is 0.0384 e. The molecule has 0 aliphatic carbocycles. The van der Waals surface area contributed by atoms with E-state index in [-0.39, 0.29) is 0 Å². The highest BCUT2D eigenvalue weighted by Gasteiger charge is 2.05. The molecule has 80 valence electrons. The number of hydrogen-bond donors (Lipinski definition) is 0. The van der Waals surface area contributed by atoms with Gasteiger partial charge >= 0.3 is 0 Å². The Morgan fingerprint density at radius 2 is 2.21 bits per heavy atom. The van der Waals surface area contributed by atoms with E-state index in [2.05, 4.69) is 24.4 Å². The van der Waals surface area contributed by atoms with Crippen LogP contribution in [0, 0.1) is 0 Å². The molecule has 0 aliphatic rings. The normalized spacial score (nSPS) is 13.0. The Bertz CT molecular complexity index is 218. The first-order chi connectivity index (χ1) is 6.83. The van der Waals surface area contributed by atoms with Crippen LogP contribution in [0.3, 0.4) is 0 Å². The second-order valence-corrected chi connectivity index (χ2v) is 5.38. The van der Waals surface area contributed by atoms with Gasteiger partial charge in [0.2, 0.25) is 0 Å². The second kappa shape index (κ2) is 7.30. The molecule has 0 saturated heterocycles. The van der Waals surface area contributed by atoms with Crippen LogP contribution < -0.4 is 0 Å². The minimum Gasteiger partial charge on any atom is -0.149 e. The SMILES string of the molecule is CCCCCCC(Cl)Cc1cccs1. The lowest BCUT2D eigenvalue weighted by atomic mass is 10.1. The Morgan fingerprint density at radius 1 is 1.36 bits per heavy atom. The number of hydrogen-bond acceptors (Lipinski definition) is 1. The molecule has 14 heavy (non-hydrogen) atoms. The highest BCUT2D eigenvalue weighted by atomic mass is 35.5. The van der Waals surface area contributed by atoms with Crippen LogP contribution in [0.25, 0.3) is 0 Å². The molecule has 0 fully saturated rings. The highest BCUT2D eigenvalue weighted by molar-refractivity contribution is 7.09. The van der Waals surface area contributed by atoms with Crippen LogP contribution in [0.4, 0.5) is 0 Å². The predicted octanol–water partition coefficient (Wildman–Crippen LogP) is 4.87.